The minimum absolute atomic E-state index is 0.0458. The molecule has 0 atom stereocenters. The van der Waals surface area contributed by atoms with E-state index in [1.54, 1.807) is 20.8 Å². The quantitative estimate of drug-likeness (QED) is 0.782. The lowest BCUT2D eigenvalue weighted by atomic mass is 10.2. The average Bonchev–Trinajstić information content (AvgIpc) is 2.35. The molecule has 1 rings (SSSR count). The number of ether oxygens (including phenoxy) is 2. The van der Waals surface area contributed by atoms with E-state index in [1.807, 2.05) is 0 Å². The van der Waals surface area contributed by atoms with Gasteiger partial charge in [-0.1, -0.05) is 11.6 Å². The second-order valence-corrected chi connectivity index (χ2v) is 6.01. The van der Waals surface area contributed by atoms with E-state index in [1.165, 1.54) is 18.2 Å². The van der Waals surface area contributed by atoms with Gasteiger partial charge in [0.05, 0.1) is 6.61 Å². The normalized spacial score (nSPS) is 10.9. The topological polar surface area (TPSA) is 84.9 Å². The van der Waals surface area contributed by atoms with Crippen LogP contribution in [0, 0.1) is 0 Å². The molecular weight excluding hydrogens is 310 g/mol. The summed E-state index contributed by atoms with van der Waals surface area (Å²) in [6.07, 6.45) is 0.00615. The Morgan fingerprint density at radius 1 is 1.32 bits per heavy atom. The third kappa shape index (κ3) is 6.67. The average molecular weight is 330 g/mol. The Morgan fingerprint density at radius 3 is 2.59 bits per heavy atom. The molecule has 0 bridgehead atoms. The molecule has 0 spiro atoms. The number of aromatic carboxylic acids is 1. The third-order valence-electron chi connectivity index (χ3n) is 2.42. The molecule has 0 fully saturated rings. The molecule has 0 aromatic heterocycles. The summed E-state index contributed by atoms with van der Waals surface area (Å²) in [5.41, 5.74) is -0.498. The fourth-order valence-electron chi connectivity index (χ4n) is 1.55. The van der Waals surface area contributed by atoms with Crippen molar-refractivity contribution in [3.8, 4) is 5.75 Å². The first-order valence-electron chi connectivity index (χ1n) is 6.81. The Labute approximate surface area is 134 Å². The van der Waals surface area contributed by atoms with Gasteiger partial charge in [-0.2, -0.15) is 0 Å². The standard InChI is InChI=1S/C15H20ClNO5/c1-15(2,3)22-14(20)17-7-4-8-21-12-9-10(16)5-6-11(12)13(18)19/h5-6,9H,4,7-8H2,1-3H3,(H,17,20)(H,18,19). The van der Waals surface area contributed by atoms with Gasteiger partial charge in [0.1, 0.15) is 16.9 Å². The van der Waals surface area contributed by atoms with Crippen LogP contribution in [0.3, 0.4) is 0 Å². The van der Waals surface area contributed by atoms with Crippen LogP contribution < -0.4 is 10.1 Å². The van der Waals surface area contributed by atoms with Crippen molar-refractivity contribution >= 4 is 23.7 Å². The van der Waals surface area contributed by atoms with Crippen LogP contribution in [-0.4, -0.2) is 35.9 Å². The number of amides is 1. The summed E-state index contributed by atoms with van der Waals surface area (Å²) in [5, 5.41) is 12.0. The Hall–Kier alpha value is -1.95. The minimum atomic E-state index is -1.08. The van der Waals surface area contributed by atoms with Crippen LogP contribution in [0.1, 0.15) is 37.6 Å². The predicted molar refractivity (Wildman–Crippen MR) is 82.8 cm³/mol. The van der Waals surface area contributed by atoms with E-state index in [9.17, 15) is 9.59 Å². The molecule has 0 saturated carbocycles. The van der Waals surface area contributed by atoms with Gasteiger partial charge in [-0.3, -0.25) is 0 Å². The van der Waals surface area contributed by atoms with E-state index in [2.05, 4.69) is 5.32 Å². The zero-order valence-electron chi connectivity index (χ0n) is 12.8. The lowest BCUT2D eigenvalue weighted by Crippen LogP contribution is -2.33. The van der Waals surface area contributed by atoms with E-state index < -0.39 is 17.7 Å². The molecule has 0 radical (unpaired) electrons. The van der Waals surface area contributed by atoms with E-state index in [0.29, 0.717) is 18.0 Å². The Kier molecular flexibility index (Phi) is 6.49. The van der Waals surface area contributed by atoms with Crippen LogP contribution in [0.15, 0.2) is 18.2 Å². The van der Waals surface area contributed by atoms with Gasteiger partial charge in [-0.05, 0) is 45.4 Å². The van der Waals surface area contributed by atoms with Crippen molar-refractivity contribution in [2.24, 2.45) is 0 Å². The Bertz CT molecular complexity index is 539. The molecule has 1 aromatic carbocycles. The molecule has 0 unspecified atom stereocenters. The van der Waals surface area contributed by atoms with Crippen LogP contribution >= 0.6 is 11.6 Å². The number of hydrogen-bond donors (Lipinski definition) is 2. The second-order valence-electron chi connectivity index (χ2n) is 5.58. The van der Waals surface area contributed by atoms with Crippen molar-refractivity contribution in [1.29, 1.82) is 0 Å². The fraction of sp³-hybridized carbons (Fsp3) is 0.467. The summed E-state index contributed by atoms with van der Waals surface area (Å²) in [6.45, 7) is 5.95. The smallest absolute Gasteiger partial charge is 0.407 e. The van der Waals surface area contributed by atoms with Gasteiger partial charge in [0, 0.05) is 11.6 Å². The third-order valence-corrected chi connectivity index (χ3v) is 2.66. The van der Waals surface area contributed by atoms with Crippen molar-refractivity contribution < 1.29 is 24.2 Å². The van der Waals surface area contributed by atoms with E-state index in [-0.39, 0.29) is 17.9 Å². The predicted octanol–water partition coefficient (Wildman–Crippen LogP) is 3.33. The van der Waals surface area contributed by atoms with Crippen molar-refractivity contribution in [1.82, 2.24) is 5.32 Å². The molecule has 0 heterocycles. The van der Waals surface area contributed by atoms with Gasteiger partial charge >= 0.3 is 12.1 Å². The van der Waals surface area contributed by atoms with Crippen LogP contribution in [0.25, 0.3) is 0 Å². The van der Waals surface area contributed by atoms with Gasteiger partial charge in [-0.25, -0.2) is 9.59 Å². The summed E-state index contributed by atoms with van der Waals surface area (Å²) < 4.78 is 10.5. The van der Waals surface area contributed by atoms with Crippen LogP contribution in [0.2, 0.25) is 5.02 Å². The van der Waals surface area contributed by atoms with E-state index in [4.69, 9.17) is 26.2 Å². The fourth-order valence-corrected chi connectivity index (χ4v) is 1.71. The number of alkyl carbamates (subject to hydrolysis) is 1. The number of carbonyl (C=O) groups excluding carboxylic acids is 1. The highest BCUT2D eigenvalue weighted by atomic mass is 35.5. The van der Waals surface area contributed by atoms with E-state index in [0.717, 1.165) is 0 Å². The van der Waals surface area contributed by atoms with Gasteiger partial charge in [-0.15, -0.1) is 0 Å². The summed E-state index contributed by atoms with van der Waals surface area (Å²) in [7, 11) is 0. The number of hydrogen-bond acceptors (Lipinski definition) is 4. The molecule has 22 heavy (non-hydrogen) atoms. The van der Waals surface area contributed by atoms with Crippen LogP contribution in [-0.2, 0) is 4.74 Å². The highest BCUT2D eigenvalue weighted by molar-refractivity contribution is 6.30. The molecular formula is C15H20ClNO5. The number of carboxylic acid groups (broad SMARTS) is 1. The van der Waals surface area contributed by atoms with Crippen LogP contribution in [0.4, 0.5) is 4.79 Å². The SMILES string of the molecule is CC(C)(C)OC(=O)NCCCOc1cc(Cl)ccc1C(=O)O. The van der Waals surface area contributed by atoms with Gasteiger partial charge in [0.25, 0.3) is 0 Å². The zero-order valence-corrected chi connectivity index (χ0v) is 13.6. The molecule has 7 heteroatoms. The minimum Gasteiger partial charge on any atom is -0.493 e. The molecule has 1 aromatic rings. The van der Waals surface area contributed by atoms with Gasteiger partial charge < -0.3 is 19.9 Å². The number of carboxylic acids is 1. The van der Waals surface area contributed by atoms with Gasteiger partial charge in [0.2, 0.25) is 0 Å². The molecule has 122 valence electrons. The van der Waals surface area contributed by atoms with Crippen molar-refractivity contribution in [2.75, 3.05) is 13.2 Å². The molecule has 1 amide bonds. The zero-order chi connectivity index (χ0) is 16.8. The highest BCUT2D eigenvalue weighted by Gasteiger charge is 2.15. The van der Waals surface area contributed by atoms with Crippen LogP contribution in [0.5, 0.6) is 5.75 Å². The lowest BCUT2D eigenvalue weighted by Gasteiger charge is -2.19. The number of rotatable bonds is 6. The first-order valence-corrected chi connectivity index (χ1v) is 7.19. The summed E-state index contributed by atoms with van der Waals surface area (Å²) in [5.74, 6) is -0.879. The largest absolute Gasteiger partial charge is 0.493 e. The first kappa shape index (κ1) is 18.1. The molecule has 2 N–H and O–H groups in total. The maximum atomic E-state index is 11.4. The molecule has 0 aliphatic rings. The molecule has 0 saturated heterocycles. The highest BCUT2D eigenvalue weighted by Crippen LogP contribution is 2.23. The first-order chi connectivity index (χ1) is 10.2. The maximum absolute atomic E-state index is 11.4. The number of nitrogens with one attached hydrogen (secondary N) is 1. The monoisotopic (exact) mass is 329 g/mol. The summed E-state index contributed by atoms with van der Waals surface area (Å²) >= 11 is 5.82. The van der Waals surface area contributed by atoms with Crippen molar-refractivity contribution in [3.05, 3.63) is 28.8 Å². The Morgan fingerprint density at radius 2 is 2.00 bits per heavy atom. The summed E-state index contributed by atoms with van der Waals surface area (Å²) in [6, 6.07) is 4.33. The lowest BCUT2D eigenvalue weighted by molar-refractivity contribution is 0.0525. The Balaban J connectivity index is 2.38. The summed E-state index contributed by atoms with van der Waals surface area (Å²) in [4.78, 5) is 22.5. The number of benzene rings is 1. The van der Waals surface area contributed by atoms with Crippen molar-refractivity contribution in [3.63, 3.8) is 0 Å². The molecule has 0 aliphatic carbocycles. The molecule has 0 aliphatic heterocycles. The molecule has 6 nitrogen and oxygen atoms in total. The number of halogens is 1. The van der Waals surface area contributed by atoms with Gasteiger partial charge in [0.15, 0.2) is 0 Å². The second kappa shape index (κ2) is 7.89. The van der Waals surface area contributed by atoms with Crippen molar-refractivity contribution in [2.45, 2.75) is 32.8 Å². The maximum Gasteiger partial charge on any atom is 0.407 e. The van der Waals surface area contributed by atoms with E-state index >= 15 is 0 Å². The number of carbonyl (C=O) groups is 2.